The van der Waals surface area contributed by atoms with E-state index in [2.05, 4.69) is 14.9 Å². The van der Waals surface area contributed by atoms with Crippen molar-refractivity contribution in [3.63, 3.8) is 0 Å². The first-order chi connectivity index (χ1) is 9.88. The first-order valence-corrected chi connectivity index (χ1v) is 6.86. The van der Waals surface area contributed by atoms with Gasteiger partial charge in [-0.25, -0.2) is 0 Å². The summed E-state index contributed by atoms with van der Waals surface area (Å²) in [5.74, 6) is 0.133. The zero-order valence-electron chi connectivity index (χ0n) is 11.2. The Balaban J connectivity index is 1.74. The molecule has 0 spiro atoms. The smallest absolute Gasteiger partial charge is 0.367 e. The van der Waals surface area contributed by atoms with Crippen molar-refractivity contribution < 1.29 is 27.2 Å². The molecule has 9 heteroatoms. The molecule has 1 aromatic heterocycles. The highest BCUT2D eigenvalue weighted by atomic mass is 19.4. The Hall–Kier alpha value is -1.19. The number of ether oxygens (including phenoxy) is 2. The third-order valence-corrected chi connectivity index (χ3v) is 3.91. The molecular formula is C12H16F3N3O3. The molecule has 3 rings (SSSR count). The summed E-state index contributed by atoms with van der Waals surface area (Å²) in [6, 6.07) is -0.0322. The molecule has 0 amide bonds. The predicted octanol–water partition coefficient (Wildman–Crippen LogP) is 2.16. The van der Waals surface area contributed by atoms with Gasteiger partial charge in [-0.3, -0.25) is 4.74 Å². The van der Waals surface area contributed by atoms with Gasteiger partial charge in [0.25, 0.3) is 5.89 Å². The van der Waals surface area contributed by atoms with Gasteiger partial charge >= 0.3 is 6.36 Å². The summed E-state index contributed by atoms with van der Waals surface area (Å²) in [5.41, 5.74) is 4.20. The molecule has 2 atom stereocenters. The molecule has 2 fully saturated rings. The van der Waals surface area contributed by atoms with Crippen LogP contribution in [0.1, 0.15) is 49.9 Å². The van der Waals surface area contributed by atoms with E-state index in [9.17, 15) is 13.2 Å². The largest absolute Gasteiger partial charge is 0.523 e. The van der Waals surface area contributed by atoms with Crippen LogP contribution in [0.15, 0.2) is 4.52 Å². The molecule has 2 heterocycles. The summed E-state index contributed by atoms with van der Waals surface area (Å²) < 4.78 is 52.3. The first-order valence-electron chi connectivity index (χ1n) is 6.86. The minimum absolute atomic E-state index is 0.0322. The lowest BCUT2D eigenvalue weighted by Crippen LogP contribution is -2.42. The highest BCUT2D eigenvalue weighted by Gasteiger charge is 2.52. The highest BCUT2D eigenvalue weighted by molar-refractivity contribution is 5.08. The number of hydrogen-bond donors (Lipinski definition) is 1. The zero-order chi connectivity index (χ0) is 15.1. The Morgan fingerprint density at radius 1 is 1.29 bits per heavy atom. The monoisotopic (exact) mass is 307 g/mol. The molecule has 118 valence electrons. The highest BCUT2D eigenvalue weighted by Crippen LogP contribution is 2.47. The fourth-order valence-electron chi connectivity index (χ4n) is 2.61. The first kappa shape index (κ1) is 14.7. The van der Waals surface area contributed by atoms with Crippen LogP contribution in [0.2, 0.25) is 0 Å². The Morgan fingerprint density at radius 2 is 2.05 bits per heavy atom. The van der Waals surface area contributed by atoms with Gasteiger partial charge in [0.15, 0.2) is 0 Å². The summed E-state index contributed by atoms with van der Waals surface area (Å²) in [7, 11) is 0. The van der Waals surface area contributed by atoms with Gasteiger partial charge in [-0.15, -0.1) is 13.2 Å². The van der Waals surface area contributed by atoms with E-state index in [0.717, 1.165) is 6.42 Å². The summed E-state index contributed by atoms with van der Waals surface area (Å²) >= 11 is 0. The molecule has 1 aliphatic heterocycles. The fourth-order valence-corrected chi connectivity index (χ4v) is 2.61. The Kier molecular flexibility index (Phi) is 3.66. The van der Waals surface area contributed by atoms with Gasteiger partial charge in [-0.1, -0.05) is 5.16 Å². The zero-order valence-corrected chi connectivity index (χ0v) is 11.2. The molecule has 0 aromatic carbocycles. The Bertz CT molecular complexity index is 493. The molecule has 6 nitrogen and oxygen atoms in total. The maximum Gasteiger partial charge on any atom is 0.523 e. The van der Waals surface area contributed by atoms with Crippen molar-refractivity contribution in [2.24, 2.45) is 5.73 Å². The van der Waals surface area contributed by atoms with Crippen LogP contribution in [-0.4, -0.2) is 29.2 Å². The van der Waals surface area contributed by atoms with Crippen molar-refractivity contribution in [2.45, 2.75) is 56.2 Å². The molecule has 0 radical (unpaired) electrons. The van der Waals surface area contributed by atoms with Crippen LogP contribution >= 0.6 is 0 Å². The quantitative estimate of drug-likeness (QED) is 0.921. The van der Waals surface area contributed by atoms with Gasteiger partial charge in [-0.05, 0) is 32.1 Å². The number of halogens is 3. The molecule has 1 saturated heterocycles. The lowest BCUT2D eigenvalue weighted by atomic mass is 9.79. The molecule has 2 aliphatic rings. The second-order valence-corrected chi connectivity index (χ2v) is 5.51. The molecule has 2 N–H and O–H groups in total. The second kappa shape index (κ2) is 5.22. The van der Waals surface area contributed by atoms with E-state index in [-0.39, 0.29) is 30.6 Å². The lowest BCUT2D eigenvalue weighted by Gasteiger charge is -2.38. The van der Waals surface area contributed by atoms with E-state index >= 15 is 0 Å². The Morgan fingerprint density at radius 3 is 2.57 bits per heavy atom. The number of aromatic nitrogens is 2. The van der Waals surface area contributed by atoms with Crippen molar-refractivity contribution in [1.82, 2.24) is 10.1 Å². The number of hydrogen-bond acceptors (Lipinski definition) is 6. The predicted molar refractivity (Wildman–Crippen MR) is 62.9 cm³/mol. The molecule has 21 heavy (non-hydrogen) atoms. The Labute approximate surface area is 118 Å². The van der Waals surface area contributed by atoms with Crippen molar-refractivity contribution in [3.8, 4) is 0 Å². The standard InChI is InChI=1S/C12H16F3N3O3/c13-12(14,15)21-11(4-1-5-11)10-17-9(20-18-10)8-3-2-7(16)6-19-8/h7-8H,1-6,16H2/t7-,8+/m1/s1. The third kappa shape index (κ3) is 3.04. The van der Waals surface area contributed by atoms with E-state index in [0.29, 0.717) is 19.4 Å². The summed E-state index contributed by atoms with van der Waals surface area (Å²) in [4.78, 5) is 4.07. The van der Waals surface area contributed by atoms with E-state index < -0.39 is 18.1 Å². The molecule has 0 unspecified atom stereocenters. The maximum absolute atomic E-state index is 12.5. The molecule has 0 bridgehead atoms. The molecule has 1 aliphatic carbocycles. The number of alkyl halides is 3. The average Bonchev–Trinajstić information content (AvgIpc) is 2.83. The topological polar surface area (TPSA) is 83.4 Å². The lowest BCUT2D eigenvalue weighted by molar-refractivity contribution is -0.385. The van der Waals surface area contributed by atoms with Crippen LogP contribution in [0.4, 0.5) is 13.2 Å². The van der Waals surface area contributed by atoms with Crippen molar-refractivity contribution >= 4 is 0 Å². The van der Waals surface area contributed by atoms with Crippen LogP contribution in [0.25, 0.3) is 0 Å². The summed E-state index contributed by atoms with van der Waals surface area (Å²) in [6.45, 7) is 0.368. The molecule has 1 aromatic rings. The minimum Gasteiger partial charge on any atom is -0.367 e. The van der Waals surface area contributed by atoms with E-state index in [1.165, 1.54) is 0 Å². The maximum atomic E-state index is 12.5. The van der Waals surface area contributed by atoms with Crippen LogP contribution < -0.4 is 5.73 Å². The average molecular weight is 307 g/mol. The van der Waals surface area contributed by atoms with Gasteiger partial charge in [0.1, 0.15) is 11.7 Å². The number of nitrogens with zero attached hydrogens (tertiary/aromatic N) is 2. The van der Waals surface area contributed by atoms with Crippen molar-refractivity contribution in [1.29, 1.82) is 0 Å². The van der Waals surface area contributed by atoms with Gasteiger partial charge in [-0.2, -0.15) is 4.98 Å². The van der Waals surface area contributed by atoms with Crippen molar-refractivity contribution in [3.05, 3.63) is 11.7 Å². The summed E-state index contributed by atoms with van der Waals surface area (Å²) in [6.07, 6.45) is -2.70. The van der Waals surface area contributed by atoms with E-state index in [1.54, 1.807) is 0 Å². The fraction of sp³-hybridized carbons (Fsp3) is 0.833. The van der Waals surface area contributed by atoms with Gasteiger partial charge < -0.3 is 15.0 Å². The van der Waals surface area contributed by atoms with E-state index in [1.807, 2.05) is 0 Å². The second-order valence-electron chi connectivity index (χ2n) is 5.51. The SMILES string of the molecule is N[C@@H]1CC[C@@H](c2nc(C3(OC(F)(F)F)CCC3)no2)OC1. The van der Waals surface area contributed by atoms with Crippen LogP contribution in [0, 0.1) is 0 Å². The van der Waals surface area contributed by atoms with Crippen LogP contribution in [0.5, 0.6) is 0 Å². The van der Waals surface area contributed by atoms with Gasteiger partial charge in [0.2, 0.25) is 5.82 Å². The van der Waals surface area contributed by atoms with Crippen LogP contribution in [-0.2, 0) is 15.1 Å². The van der Waals surface area contributed by atoms with Gasteiger partial charge in [0.05, 0.1) is 6.61 Å². The van der Waals surface area contributed by atoms with E-state index in [4.69, 9.17) is 15.0 Å². The number of rotatable bonds is 3. The minimum atomic E-state index is -4.73. The molecular weight excluding hydrogens is 291 g/mol. The van der Waals surface area contributed by atoms with Gasteiger partial charge in [0, 0.05) is 6.04 Å². The number of nitrogens with two attached hydrogens (primary N) is 1. The van der Waals surface area contributed by atoms with Crippen LogP contribution in [0.3, 0.4) is 0 Å². The third-order valence-electron chi connectivity index (χ3n) is 3.91. The van der Waals surface area contributed by atoms with Crippen molar-refractivity contribution in [2.75, 3.05) is 6.61 Å². The summed E-state index contributed by atoms with van der Waals surface area (Å²) in [5, 5.41) is 3.67. The normalized spacial score (nSPS) is 29.1. The molecule has 1 saturated carbocycles.